The predicted octanol–water partition coefficient (Wildman–Crippen LogP) is 5.31. The molecule has 2 rings (SSSR count). The zero-order chi connectivity index (χ0) is 14.9. The van der Waals surface area contributed by atoms with Crippen molar-refractivity contribution in [3.8, 4) is 0 Å². The first-order valence-electron chi connectivity index (χ1n) is 7.93. The molecule has 1 aliphatic heterocycles. The van der Waals surface area contributed by atoms with Crippen LogP contribution in [-0.2, 0) is 0 Å². The largest absolute Gasteiger partial charge is 0.277 e. The molecule has 1 heterocycles. The summed E-state index contributed by atoms with van der Waals surface area (Å²) in [5.74, 6) is 0.801. The summed E-state index contributed by atoms with van der Waals surface area (Å²) in [5.41, 5.74) is 2.26. The van der Waals surface area contributed by atoms with Gasteiger partial charge < -0.3 is 0 Å². The molecular formula is C17H26BrN3S. The van der Waals surface area contributed by atoms with Crippen LogP contribution < -0.4 is 0 Å². The van der Waals surface area contributed by atoms with Crippen LogP contribution in [0.4, 0.5) is 0 Å². The third kappa shape index (κ3) is 6.13. The topological polar surface area (TPSA) is 39.5 Å². The molecule has 0 aliphatic carbocycles. The Bertz CT molecular complexity index is 476. The van der Waals surface area contributed by atoms with E-state index in [0.717, 1.165) is 24.4 Å². The van der Waals surface area contributed by atoms with Gasteiger partial charge in [0.15, 0.2) is 5.17 Å². The average molecular weight is 384 g/mol. The van der Waals surface area contributed by atoms with Crippen LogP contribution >= 0.6 is 28.7 Å². The van der Waals surface area contributed by atoms with E-state index in [2.05, 4.69) is 24.2 Å². The van der Waals surface area contributed by atoms with Crippen molar-refractivity contribution in [3.63, 3.8) is 0 Å². The van der Waals surface area contributed by atoms with Crippen molar-refractivity contribution in [2.45, 2.75) is 45.4 Å². The molecule has 0 bridgehead atoms. The van der Waals surface area contributed by atoms with Gasteiger partial charge in [-0.3, -0.25) is 5.41 Å². The van der Waals surface area contributed by atoms with Gasteiger partial charge in [0, 0.05) is 12.3 Å². The van der Waals surface area contributed by atoms with E-state index in [-0.39, 0.29) is 17.0 Å². The van der Waals surface area contributed by atoms with Crippen LogP contribution in [0, 0.1) is 5.41 Å². The highest BCUT2D eigenvalue weighted by molar-refractivity contribution is 8.93. The number of nitrogens with zero attached hydrogens (tertiary/aromatic N) is 2. The van der Waals surface area contributed by atoms with Crippen LogP contribution in [0.2, 0.25) is 0 Å². The third-order valence-corrected chi connectivity index (χ3v) is 4.55. The molecule has 1 aliphatic rings. The van der Waals surface area contributed by atoms with Crippen LogP contribution in [0.25, 0.3) is 0 Å². The molecule has 0 amide bonds. The Morgan fingerprint density at radius 2 is 1.77 bits per heavy atom. The second-order valence-corrected chi connectivity index (χ2v) is 6.36. The molecule has 1 N–H and O–H groups in total. The molecule has 0 aromatic heterocycles. The van der Waals surface area contributed by atoms with Gasteiger partial charge in [-0.15, -0.1) is 17.0 Å². The van der Waals surface area contributed by atoms with E-state index in [0.29, 0.717) is 5.17 Å². The monoisotopic (exact) mass is 383 g/mol. The molecular weight excluding hydrogens is 358 g/mol. The predicted molar refractivity (Wildman–Crippen MR) is 104 cm³/mol. The number of hydrogen-bond donors (Lipinski definition) is 1. The van der Waals surface area contributed by atoms with Gasteiger partial charge in [0.1, 0.15) is 0 Å². The van der Waals surface area contributed by atoms with Crippen molar-refractivity contribution in [1.82, 2.24) is 5.01 Å². The van der Waals surface area contributed by atoms with E-state index < -0.39 is 0 Å². The minimum Gasteiger partial charge on any atom is -0.277 e. The first-order chi connectivity index (χ1) is 10.3. The second-order valence-electron chi connectivity index (χ2n) is 5.40. The molecule has 0 radical (unpaired) electrons. The molecule has 0 saturated heterocycles. The Balaban J connectivity index is 0.00000242. The van der Waals surface area contributed by atoms with E-state index in [9.17, 15) is 0 Å². The summed E-state index contributed by atoms with van der Waals surface area (Å²) in [4.78, 5) is 0. The average Bonchev–Trinajstić information content (AvgIpc) is 2.53. The highest BCUT2D eigenvalue weighted by Crippen LogP contribution is 2.19. The summed E-state index contributed by atoms with van der Waals surface area (Å²) < 4.78 is 0. The summed E-state index contributed by atoms with van der Waals surface area (Å²) in [7, 11) is 0. The number of hydrogen-bond acceptors (Lipinski definition) is 3. The maximum atomic E-state index is 8.03. The number of halogens is 1. The Labute approximate surface area is 148 Å². The summed E-state index contributed by atoms with van der Waals surface area (Å²) in [6.07, 6.45) is 7.63. The normalized spacial score (nSPS) is 14.5. The van der Waals surface area contributed by atoms with Crippen LogP contribution in [0.15, 0.2) is 35.4 Å². The van der Waals surface area contributed by atoms with Crippen molar-refractivity contribution >= 4 is 39.6 Å². The van der Waals surface area contributed by atoms with E-state index in [1.807, 2.05) is 23.2 Å². The number of benzene rings is 1. The van der Waals surface area contributed by atoms with Gasteiger partial charge in [-0.2, -0.15) is 5.10 Å². The lowest BCUT2D eigenvalue weighted by atomic mass is 10.1. The second kappa shape index (κ2) is 10.8. The Morgan fingerprint density at radius 1 is 1.09 bits per heavy atom. The van der Waals surface area contributed by atoms with Gasteiger partial charge >= 0.3 is 0 Å². The molecule has 1 aromatic carbocycles. The fourth-order valence-corrected chi connectivity index (χ4v) is 3.18. The van der Waals surface area contributed by atoms with Crippen LogP contribution in [0.5, 0.6) is 0 Å². The molecule has 0 unspecified atom stereocenters. The van der Waals surface area contributed by atoms with Crippen LogP contribution in [0.3, 0.4) is 0 Å². The minimum atomic E-state index is 0. The maximum absolute atomic E-state index is 8.03. The van der Waals surface area contributed by atoms with Gasteiger partial charge in [-0.05, 0) is 12.0 Å². The smallest absolute Gasteiger partial charge is 0.177 e. The number of amidine groups is 1. The van der Waals surface area contributed by atoms with Gasteiger partial charge in [0.25, 0.3) is 0 Å². The van der Waals surface area contributed by atoms with E-state index >= 15 is 0 Å². The van der Waals surface area contributed by atoms with E-state index in [1.165, 1.54) is 37.7 Å². The Morgan fingerprint density at radius 3 is 2.50 bits per heavy atom. The van der Waals surface area contributed by atoms with Gasteiger partial charge in [-0.1, -0.05) is 81.1 Å². The highest BCUT2D eigenvalue weighted by Gasteiger charge is 2.18. The van der Waals surface area contributed by atoms with Crippen LogP contribution in [-0.4, -0.2) is 28.2 Å². The number of thioether (sulfide) groups is 1. The molecule has 0 spiro atoms. The molecule has 22 heavy (non-hydrogen) atoms. The van der Waals surface area contributed by atoms with E-state index in [4.69, 9.17) is 5.41 Å². The van der Waals surface area contributed by atoms with Crippen molar-refractivity contribution in [1.29, 1.82) is 5.41 Å². The molecule has 0 fully saturated rings. The quantitative estimate of drug-likeness (QED) is 0.617. The molecule has 0 saturated carbocycles. The first-order valence-corrected chi connectivity index (χ1v) is 8.91. The maximum Gasteiger partial charge on any atom is 0.177 e. The Kier molecular flexibility index (Phi) is 9.48. The van der Waals surface area contributed by atoms with Crippen molar-refractivity contribution in [2.75, 3.05) is 12.3 Å². The molecule has 3 nitrogen and oxygen atoms in total. The summed E-state index contributed by atoms with van der Waals surface area (Å²) in [6, 6.07) is 10.3. The lowest BCUT2D eigenvalue weighted by molar-refractivity contribution is 0.424. The van der Waals surface area contributed by atoms with Crippen LogP contribution in [0.1, 0.15) is 51.0 Å². The standard InChI is InChI=1S/C17H25N3S.BrH/c1-2-3-4-5-6-10-13-20-17(18)21-14-16(19-20)15-11-8-7-9-12-15;/h7-9,11-12,18H,2-6,10,13-14H2,1H3;1H. The highest BCUT2D eigenvalue weighted by atomic mass is 79.9. The van der Waals surface area contributed by atoms with E-state index in [1.54, 1.807) is 11.8 Å². The Hall–Kier alpha value is -0.810. The fraction of sp³-hybridized carbons (Fsp3) is 0.529. The number of hydrazone groups is 1. The summed E-state index contributed by atoms with van der Waals surface area (Å²) in [6.45, 7) is 3.11. The first kappa shape index (κ1) is 19.2. The van der Waals surface area contributed by atoms with Crippen molar-refractivity contribution < 1.29 is 0 Å². The SMILES string of the molecule is Br.CCCCCCCCN1N=C(c2ccccc2)CSC1=N. The molecule has 0 atom stereocenters. The number of nitrogens with one attached hydrogen (secondary N) is 1. The zero-order valence-electron chi connectivity index (χ0n) is 13.3. The zero-order valence-corrected chi connectivity index (χ0v) is 15.8. The molecule has 122 valence electrons. The summed E-state index contributed by atoms with van der Waals surface area (Å²) in [5, 5.41) is 15.2. The van der Waals surface area contributed by atoms with Gasteiger partial charge in [-0.25, -0.2) is 5.01 Å². The number of rotatable bonds is 8. The number of unbranched alkanes of at least 4 members (excludes halogenated alkanes) is 5. The minimum absolute atomic E-state index is 0. The molecule has 5 heteroatoms. The fourth-order valence-electron chi connectivity index (χ4n) is 2.40. The van der Waals surface area contributed by atoms with Gasteiger partial charge in [0.05, 0.1) is 5.71 Å². The lowest BCUT2D eigenvalue weighted by Crippen LogP contribution is -2.31. The summed E-state index contributed by atoms with van der Waals surface area (Å²) >= 11 is 1.58. The molecule has 1 aromatic rings. The van der Waals surface area contributed by atoms with Crippen molar-refractivity contribution in [3.05, 3.63) is 35.9 Å². The third-order valence-electron chi connectivity index (χ3n) is 3.65. The van der Waals surface area contributed by atoms with Crippen molar-refractivity contribution in [2.24, 2.45) is 5.10 Å². The lowest BCUT2D eigenvalue weighted by Gasteiger charge is -2.25. The van der Waals surface area contributed by atoms with Gasteiger partial charge in [0.2, 0.25) is 0 Å².